The molecular formula is C21H27N3O2. The van der Waals surface area contributed by atoms with Crippen molar-refractivity contribution < 1.29 is 9.53 Å². The zero-order valence-electron chi connectivity index (χ0n) is 15.4. The van der Waals surface area contributed by atoms with Crippen molar-refractivity contribution in [1.29, 1.82) is 0 Å². The van der Waals surface area contributed by atoms with E-state index in [1.54, 1.807) is 16.9 Å². The van der Waals surface area contributed by atoms with Crippen LogP contribution in [0, 0.1) is 11.8 Å². The third-order valence-corrected chi connectivity index (χ3v) is 5.58. The summed E-state index contributed by atoms with van der Waals surface area (Å²) in [4.78, 5) is 14.9. The Morgan fingerprint density at radius 1 is 1.19 bits per heavy atom. The second-order valence-corrected chi connectivity index (χ2v) is 7.64. The molecule has 0 radical (unpaired) electrons. The van der Waals surface area contributed by atoms with E-state index in [0.717, 1.165) is 38.5 Å². The molecule has 1 aliphatic carbocycles. The number of benzene rings is 1. The number of rotatable bonds is 6. The quantitative estimate of drug-likeness (QED) is 0.802. The molecule has 2 atom stereocenters. The molecule has 1 saturated carbocycles. The Morgan fingerprint density at radius 3 is 2.69 bits per heavy atom. The van der Waals surface area contributed by atoms with Gasteiger partial charge in [-0.1, -0.05) is 30.3 Å². The molecule has 1 saturated heterocycles. The minimum Gasteiger partial charge on any atom is -0.377 e. The maximum absolute atomic E-state index is 12.9. The van der Waals surface area contributed by atoms with Crippen LogP contribution in [0.4, 0.5) is 0 Å². The van der Waals surface area contributed by atoms with Gasteiger partial charge in [0, 0.05) is 38.9 Å². The minimum atomic E-state index is 0.0729. The van der Waals surface area contributed by atoms with Crippen molar-refractivity contribution in [3.63, 3.8) is 0 Å². The zero-order valence-corrected chi connectivity index (χ0v) is 15.4. The van der Waals surface area contributed by atoms with Crippen LogP contribution in [0.5, 0.6) is 0 Å². The van der Waals surface area contributed by atoms with Gasteiger partial charge in [0.15, 0.2) is 0 Å². The molecule has 2 heterocycles. The number of hydrogen-bond donors (Lipinski definition) is 0. The fourth-order valence-corrected chi connectivity index (χ4v) is 3.82. The van der Waals surface area contributed by atoms with Gasteiger partial charge >= 0.3 is 0 Å². The van der Waals surface area contributed by atoms with Gasteiger partial charge < -0.3 is 9.64 Å². The number of nitrogens with zero attached hydrogens (tertiary/aromatic N) is 3. The number of hydrogen-bond acceptors (Lipinski definition) is 3. The Kier molecular flexibility index (Phi) is 5.07. The van der Waals surface area contributed by atoms with Gasteiger partial charge in [0.25, 0.3) is 5.91 Å². The summed E-state index contributed by atoms with van der Waals surface area (Å²) in [6.45, 7) is 2.38. The Hall–Kier alpha value is -2.14. The molecule has 2 fully saturated rings. The van der Waals surface area contributed by atoms with Crippen molar-refractivity contribution in [3.8, 4) is 0 Å². The second-order valence-electron chi connectivity index (χ2n) is 7.64. The molecule has 4 rings (SSSR count). The molecule has 1 amide bonds. The van der Waals surface area contributed by atoms with E-state index in [4.69, 9.17) is 4.74 Å². The molecule has 0 unspecified atom stereocenters. The second kappa shape index (κ2) is 7.62. The number of piperidine rings is 1. The Morgan fingerprint density at radius 2 is 2.00 bits per heavy atom. The lowest BCUT2D eigenvalue weighted by Crippen LogP contribution is -2.48. The molecule has 2 aliphatic rings. The molecule has 0 N–H and O–H groups in total. The first-order valence-electron chi connectivity index (χ1n) is 9.63. The number of carbonyl (C=O) groups is 1. The number of amides is 1. The maximum Gasteiger partial charge on any atom is 0.272 e. The topological polar surface area (TPSA) is 47.4 Å². The van der Waals surface area contributed by atoms with E-state index in [1.807, 2.05) is 18.0 Å². The van der Waals surface area contributed by atoms with Crippen molar-refractivity contribution in [2.45, 2.75) is 31.8 Å². The predicted molar refractivity (Wildman–Crippen MR) is 99.8 cm³/mol. The Bertz CT molecular complexity index is 739. The van der Waals surface area contributed by atoms with Crippen molar-refractivity contribution in [2.75, 3.05) is 19.7 Å². The van der Waals surface area contributed by atoms with Crippen LogP contribution in [0.1, 0.15) is 35.3 Å². The third kappa shape index (κ3) is 3.98. The van der Waals surface area contributed by atoms with Gasteiger partial charge in [0.1, 0.15) is 5.69 Å². The largest absolute Gasteiger partial charge is 0.377 e. The molecule has 1 aliphatic heterocycles. The van der Waals surface area contributed by atoms with Crippen LogP contribution < -0.4 is 0 Å². The molecule has 26 heavy (non-hydrogen) atoms. The predicted octanol–water partition coefficient (Wildman–Crippen LogP) is 2.92. The van der Waals surface area contributed by atoms with E-state index in [9.17, 15) is 4.79 Å². The maximum atomic E-state index is 12.9. The van der Waals surface area contributed by atoms with E-state index in [0.29, 0.717) is 11.6 Å². The van der Waals surface area contributed by atoms with Crippen LogP contribution in [-0.4, -0.2) is 46.4 Å². The van der Waals surface area contributed by atoms with Crippen molar-refractivity contribution in [1.82, 2.24) is 14.7 Å². The summed E-state index contributed by atoms with van der Waals surface area (Å²) in [5, 5.41) is 4.13. The van der Waals surface area contributed by atoms with Gasteiger partial charge in [-0.2, -0.15) is 5.10 Å². The summed E-state index contributed by atoms with van der Waals surface area (Å²) >= 11 is 0. The summed E-state index contributed by atoms with van der Waals surface area (Å²) in [7, 11) is 1.82. The Labute approximate surface area is 154 Å². The van der Waals surface area contributed by atoms with E-state index >= 15 is 0 Å². The van der Waals surface area contributed by atoms with E-state index in [2.05, 4.69) is 29.4 Å². The van der Waals surface area contributed by atoms with Gasteiger partial charge in [0.05, 0.1) is 6.10 Å². The van der Waals surface area contributed by atoms with Crippen LogP contribution in [0.2, 0.25) is 0 Å². The van der Waals surface area contributed by atoms with Gasteiger partial charge in [-0.3, -0.25) is 9.48 Å². The van der Waals surface area contributed by atoms with E-state index in [-0.39, 0.29) is 12.0 Å². The first-order chi connectivity index (χ1) is 12.7. The standard InChI is InChI=1S/C21H27N3O2/c1-23-19(9-11-22-23)21(25)24-12-10-20(26-15-17-7-8-17)18(14-24)13-16-5-3-2-4-6-16/h2-6,9,11,17-18,20H,7-8,10,12-15H2,1H3/t18-,20-/m1/s1. The SMILES string of the molecule is Cn1nccc1C(=O)N1CC[C@@H](OCC2CC2)[C@H](Cc2ccccc2)C1. The average molecular weight is 353 g/mol. The van der Waals surface area contributed by atoms with Crippen LogP contribution in [0.3, 0.4) is 0 Å². The number of likely N-dealkylation sites (tertiary alicyclic amines) is 1. The van der Waals surface area contributed by atoms with Gasteiger partial charge in [-0.25, -0.2) is 0 Å². The van der Waals surface area contributed by atoms with Gasteiger partial charge in [-0.05, 0) is 43.2 Å². The molecule has 5 nitrogen and oxygen atoms in total. The molecule has 2 aromatic rings. The number of aryl methyl sites for hydroxylation is 1. The summed E-state index contributed by atoms with van der Waals surface area (Å²) in [5.74, 6) is 1.17. The summed E-state index contributed by atoms with van der Waals surface area (Å²) in [6.07, 6.45) is 6.40. The minimum absolute atomic E-state index is 0.0729. The average Bonchev–Trinajstić information content (AvgIpc) is 3.40. The first-order valence-corrected chi connectivity index (χ1v) is 9.63. The lowest BCUT2D eigenvalue weighted by molar-refractivity contribution is -0.0327. The fraction of sp³-hybridized carbons (Fsp3) is 0.524. The highest BCUT2D eigenvalue weighted by Gasteiger charge is 2.34. The monoisotopic (exact) mass is 353 g/mol. The van der Waals surface area contributed by atoms with E-state index in [1.165, 1.54) is 18.4 Å². The molecule has 1 aromatic heterocycles. The van der Waals surface area contributed by atoms with Crippen molar-refractivity contribution in [2.24, 2.45) is 18.9 Å². The Balaban J connectivity index is 1.46. The third-order valence-electron chi connectivity index (χ3n) is 5.58. The van der Waals surface area contributed by atoms with Crippen LogP contribution in [0.15, 0.2) is 42.6 Å². The molecule has 0 bridgehead atoms. The normalized spacial score (nSPS) is 23.2. The molecule has 5 heteroatoms. The lowest BCUT2D eigenvalue weighted by atomic mass is 9.88. The van der Waals surface area contributed by atoms with E-state index < -0.39 is 0 Å². The van der Waals surface area contributed by atoms with Gasteiger partial charge in [0.2, 0.25) is 0 Å². The number of carbonyl (C=O) groups excluding carboxylic acids is 1. The van der Waals surface area contributed by atoms with Gasteiger partial charge in [-0.15, -0.1) is 0 Å². The van der Waals surface area contributed by atoms with Crippen molar-refractivity contribution in [3.05, 3.63) is 53.9 Å². The van der Waals surface area contributed by atoms with Crippen LogP contribution in [0.25, 0.3) is 0 Å². The van der Waals surface area contributed by atoms with Crippen molar-refractivity contribution >= 4 is 5.91 Å². The number of aromatic nitrogens is 2. The summed E-state index contributed by atoms with van der Waals surface area (Å²) in [5.41, 5.74) is 1.97. The molecular weight excluding hydrogens is 326 g/mol. The van der Waals surface area contributed by atoms with Crippen LogP contribution >= 0.6 is 0 Å². The smallest absolute Gasteiger partial charge is 0.272 e. The summed E-state index contributed by atoms with van der Waals surface area (Å²) in [6, 6.07) is 12.3. The highest BCUT2D eigenvalue weighted by atomic mass is 16.5. The highest BCUT2D eigenvalue weighted by Crippen LogP contribution is 2.32. The zero-order chi connectivity index (χ0) is 17.9. The van der Waals surface area contributed by atoms with Crippen LogP contribution in [-0.2, 0) is 18.2 Å². The fourth-order valence-electron chi connectivity index (χ4n) is 3.82. The first kappa shape index (κ1) is 17.3. The highest BCUT2D eigenvalue weighted by molar-refractivity contribution is 5.92. The molecule has 138 valence electrons. The number of ether oxygens (including phenoxy) is 1. The molecule has 0 spiro atoms. The summed E-state index contributed by atoms with van der Waals surface area (Å²) < 4.78 is 7.94. The molecule has 1 aromatic carbocycles. The lowest BCUT2D eigenvalue weighted by Gasteiger charge is -2.38.